The lowest BCUT2D eigenvalue weighted by atomic mass is 9.92. The van der Waals surface area contributed by atoms with Crippen LogP contribution in [0.4, 0.5) is 0 Å². The van der Waals surface area contributed by atoms with E-state index in [1.54, 1.807) is 26.8 Å². The van der Waals surface area contributed by atoms with Gasteiger partial charge in [-0.05, 0) is 6.92 Å². The average Bonchev–Trinajstić information content (AvgIpc) is 2.84. The highest BCUT2D eigenvalue weighted by Crippen LogP contribution is 2.70. The molecule has 1 fully saturated rings. The maximum Gasteiger partial charge on any atom is 0.245 e. The van der Waals surface area contributed by atoms with Crippen molar-refractivity contribution in [3.63, 3.8) is 0 Å². The molecule has 2 aliphatic carbocycles. The van der Waals surface area contributed by atoms with Gasteiger partial charge in [0.25, 0.3) is 0 Å². The van der Waals surface area contributed by atoms with Gasteiger partial charge >= 0.3 is 0 Å². The second kappa shape index (κ2) is 3.61. The van der Waals surface area contributed by atoms with Crippen molar-refractivity contribution >= 4 is 22.8 Å². The first-order valence-electron chi connectivity index (χ1n) is 7.04. The molecule has 0 aromatic carbocycles. The third-order valence-electron chi connectivity index (χ3n) is 4.97. The summed E-state index contributed by atoms with van der Waals surface area (Å²) in [6.07, 6.45) is 1.38. The van der Waals surface area contributed by atoms with Crippen LogP contribution in [-0.2, 0) is 4.74 Å². The quantitative estimate of drug-likeness (QED) is 0.887. The molecule has 0 amide bonds. The number of ketones is 2. The number of fused-ring (bicyclic) bond motifs is 3. The third-order valence-corrected chi connectivity index (χ3v) is 4.97. The van der Waals surface area contributed by atoms with E-state index in [1.807, 2.05) is 0 Å². The lowest BCUT2D eigenvalue weighted by Crippen LogP contribution is -2.47. The van der Waals surface area contributed by atoms with Crippen molar-refractivity contribution in [2.24, 2.45) is 5.41 Å². The first kappa shape index (κ1) is 13.5. The van der Waals surface area contributed by atoms with Gasteiger partial charge in [0.2, 0.25) is 17.3 Å². The van der Waals surface area contributed by atoms with Gasteiger partial charge in [-0.3, -0.25) is 9.59 Å². The Morgan fingerprint density at radius 1 is 1.23 bits per heavy atom. The lowest BCUT2D eigenvalue weighted by molar-refractivity contribution is -0.0172. The molecule has 1 saturated carbocycles. The number of nitrogens with zero attached hydrogens (tertiary/aromatic N) is 2. The van der Waals surface area contributed by atoms with Gasteiger partial charge < -0.3 is 14.3 Å². The Labute approximate surface area is 125 Å². The molecular weight excluding hydrogens is 288 g/mol. The number of hydrogen-bond acceptors (Lipinski definition) is 7. The van der Waals surface area contributed by atoms with Crippen LogP contribution in [0.3, 0.4) is 0 Å². The molecule has 0 spiro atoms. The van der Waals surface area contributed by atoms with Gasteiger partial charge in [0.15, 0.2) is 11.2 Å². The summed E-state index contributed by atoms with van der Waals surface area (Å²) in [5.41, 5.74) is -4.24. The summed E-state index contributed by atoms with van der Waals surface area (Å²) in [4.78, 5) is 34.0. The number of aromatic nitrogens is 2. The van der Waals surface area contributed by atoms with Gasteiger partial charge in [0.05, 0.1) is 6.26 Å². The maximum absolute atomic E-state index is 12.9. The molecule has 2 aromatic rings. The van der Waals surface area contributed by atoms with Crippen LogP contribution in [0.2, 0.25) is 0 Å². The maximum atomic E-state index is 12.9. The van der Waals surface area contributed by atoms with Gasteiger partial charge in [-0.25, -0.2) is 9.97 Å². The molecule has 2 aliphatic rings. The Morgan fingerprint density at radius 3 is 2.59 bits per heavy atom. The van der Waals surface area contributed by atoms with Gasteiger partial charge in [0.1, 0.15) is 16.9 Å². The first-order valence-corrected chi connectivity index (χ1v) is 7.04. The van der Waals surface area contributed by atoms with Crippen molar-refractivity contribution in [3.05, 3.63) is 23.7 Å². The summed E-state index contributed by atoms with van der Waals surface area (Å²) in [7, 11) is 0. The van der Waals surface area contributed by atoms with Crippen LogP contribution in [-0.4, -0.2) is 44.4 Å². The van der Waals surface area contributed by atoms with E-state index in [4.69, 9.17) is 9.15 Å². The van der Waals surface area contributed by atoms with Crippen LogP contribution in [0.1, 0.15) is 41.7 Å². The van der Waals surface area contributed by atoms with E-state index in [0.717, 1.165) is 0 Å². The fourth-order valence-electron chi connectivity index (χ4n) is 3.72. The fraction of sp³-hybridized carbons (Fsp3) is 0.467. The molecule has 0 aliphatic heterocycles. The first-order chi connectivity index (χ1) is 10.3. The highest BCUT2D eigenvalue weighted by atomic mass is 16.5. The highest BCUT2D eigenvalue weighted by molar-refractivity contribution is 6.26. The molecule has 2 atom stereocenters. The molecular formula is C15H14N2O5. The van der Waals surface area contributed by atoms with Crippen molar-refractivity contribution in [2.75, 3.05) is 6.61 Å². The van der Waals surface area contributed by atoms with E-state index < -0.39 is 28.2 Å². The van der Waals surface area contributed by atoms with E-state index in [-0.39, 0.29) is 23.7 Å². The van der Waals surface area contributed by atoms with Gasteiger partial charge in [0, 0.05) is 18.1 Å². The number of rotatable bonds is 2. The molecule has 0 radical (unpaired) electrons. The van der Waals surface area contributed by atoms with Crippen LogP contribution >= 0.6 is 0 Å². The third kappa shape index (κ3) is 1.07. The van der Waals surface area contributed by atoms with Crippen LogP contribution < -0.4 is 0 Å². The number of ether oxygens (including phenoxy) is 1. The topological polar surface area (TPSA) is 103 Å². The predicted molar refractivity (Wildman–Crippen MR) is 73.6 cm³/mol. The Hall–Kier alpha value is -2.12. The molecule has 0 saturated heterocycles. The number of hydrogen-bond donors (Lipinski definition) is 1. The normalized spacial score (nSPS) is 32.0. The van der Waals surface area contributed by atoms with E-state index in [1.165, 1.54) is 6.26 Å². The summed E-state index contributed by atoms with van der Waals surface area (Å²) >= 11 is 0. The number of furan rings is 1. The van der Waals surface area contributed by atoms with Crippen LogP contribution in [0, 0.1) is 5.41 Å². The van der Waals surface area contributed by atoms with Crippen LogP contribution in [0.15, 0.2) is 16.7 Å². The minimum atomic E-state index is -1.92. The Kier molecular flexibility index (Phi) is 2.22. The van der Waals surface area contributed by atoms with Crippen molar-refractivity contribution in [2.45, 2.75) is 32.0 Å². The molecule has 4 rings (SSSR count). The molecule has 7 heteroatoms. The molecule has 2 unspecified atom stereocenters. The molecule has 0 bridgehead atoms. The van der Waals surface area contributed by atoms with E-state index >= 15 is 0 Å². The number of carbonyl (C=O) groups is 2. The van der Waals surface area contributed by atoms with Crippen LogP contribution in [0.5, 0.6) is 0 Å². The molecule has 2 heterocycles. The second-order valence-electron chi connectivity index (χ2n) is 6.14. The van der Waals surface area contributed by atoms with Crippen molar-refractivity contribution in [1.29, 1.82) is 0 Å². The zero-order valence-electron chi connectivity index (χ0n) is 12.3. The molecule has 7 nitrogen and oxygen atoms in total. The number of carbonyl (C=O) groups excluding carboxylic acids is 2. The predicted octanol–water partition coefficient (Wildman–Crippen LogP) is 1.15. The van der Waals surface area contributed by atoms with Gasteiger partial charge in [-0.2, -0.15) is 0 Å². The summed E-state index contributed by atoms with van der Waals surface area (Å²) in [5.74, 6) is -1.15. The second-order valence-corrected chi connectivity index (χ2v) is 6.14. The fourth-order valence-corrected chi connectivity index (χ4v) is 3.72. The smallest absolute Gasteiger partial charge is 0.245 e. The minimum Gasteiger partial charge on any atom is -0.445 e. The zero-order valence-corrected chi connectivity index (χ0v) is 12.3. The zero-order chi connectivity index (χ0) is 15.9. The Bertz CT molecular complexity index is 855. The lowest BCUT2D eigenvalue weighted by Gasteiger charge is -2.24. The van der Waals surface area contributed by atoms with Crippen molar-refractivity contribution < 1.29 is 23.8 Å². The summed E-state index contributed by atoms with van der Waals surface area (Å²) in [5, 5.41) is 10.9. The van der Waals surface area contributed by atoms with Gasteiger partial charge in [-0.15, -0.1) is 0 Å². The van der Waals surface area contributed by atoms with E-state index in [2.05, 4.69) is 9.97 Å². The van der Waals surface area contributed by atoms with Crippen molar-refractivity contribution in [1.82, 2.24) is 9.97 Å². The van der Waals surface area contributed by atoms with E-state index in [0.29, 0.717) is 5.52 Å². The number of aliphatic hydroxyl groups is 1. The summed E-state index contributed by atoms with van der Waals surface area (Å²) in [6, 6.07) is 1.56. The highest BCUT2D eigenvalue weighted by Gasteiger charge is 2.93. The summed E-state index contributed by atoms with van der Waals surface area (Å²) < 4.78 is 10.7. The average molecular weight is 302 g/mol. The SMILES string of the molecule is CCOC12C(=O)c3nc4ccoc4nc3C(=O)C1(O)C2(C)C. The van der Waals surface area contributed by atoms with Gasteiger partial charge in [-0.1, -0.05) is 13.8 Å². The van der Waals surface area contributed by atoms with Crippen molar-refractivity contribution in [3.8, 4) is 0 Å². The van der Waals surface area contributed by atoms with Crippen LogP contribution in [0.25, 0.3) is 11.2 Å². The molecule has 1 N–H and O–H groups in total. The molecule has 2 aromatic heterocycles. The monoisotopic (exact) mass is 302 g/mol. The molecule has 114 valence electrons. The Balaban J connectivity index is 2.03. The summed E-state index contributed by atoms with van der Waals surface area (Å²) in [6.45, 7) is 5.17. The standard InChI is InChI=1S/C15H14N2O5/c1-4-22-15-11(19)9-8(10(18)14(15,20)13(15,2)3)17-12-7(16-9)5-6-21-12/h5-6,20H,4H2,1-3H3. The molecule has 22 heavy (non-hydrogen) atoms. The Morgan fingerprint density at radius 2 is 1.91 bits per heavy atom. The number of Topliss-reactive ketones (excluding diaryl/α,β-unsaturated/α-hetero) is 2. The minimum absolute atomic E-state index is 0.0670. The van der Waals surface area contributed by atoms with E-state index in [9.17, 15) is 14.7 Å². The largest absolute Gasteiger partial charge is 0.445 e.